The van der Waals surface area contributed by atoms with E-state index in [0.717, 1.165) is 13.1 Å². The van der Waals surface area contributed by atoms with Crippen molar-refractivity contribution < 1.29 is 0 Å². The third-order valence-electron chi connectivity index (χ3n) is 2.76. The zero-order chi connectivity index (χ0) is 7.73. The fourth-order valence-corrected chi connectivity index (χ4v) is 1.95. The lowest BCUT2D eigenvalue weighted by atomic mass is 9.84. The highest BCUT2D eigenvalue weighted by Crippen LogP contribution is 2.27. The van der Waals surface area contributed by atoms with Crippen molar-refractivity contribution in [1.29, 1.82) is 0 Å². The average Bonchev–Trinajstić information content (AvgIpc) is 2.48. The molecule has 0 spiro atoms. The highest BCUT2D eigenvalue weighted by molar-refractivity contribution is 5.27. The van der Waals surface area contributed by atoms with Crippen LogP contribution < -0.4 is 10.6 Å². The van der Waals surface area contributed by atoms with Gasteiger partial charge < -0.3 is 10.6 Å². The van der Waals surface area contributed by atoms with E-state index in [1.165, 1.54) is 0 Å². The summed E-state index contributed by atoms with van der Waals surface area (Å²) in [5.41, 5.74) is 0.203. The third-order valence-corrected chi connectivity index (χ3v) is 2.76. The lowest BCUT2D eigenvalue weighted by Crippen LogP contribution is -2.48. The number of nitrogens with one attached hydrogen (secondary N) is 2. The van der Waals surface area contributed by atoms with Gasteiger partial charge in [-0.05, 0) is 7.05 Å². The molecule has 2 unspecified atom stereocenters. The first-order chi connectivity index (χ1) is 5.37. The summed E-state index contributed by atoms with van der Waals surface area (Å²) in [6.07, 6.45) is 8.79. The third kappa shape index (κ3) is 0.940. The Morgan fingerprint density at radius 1 is 1.55 bits per heavy atom. The minimum atomic E-state index is 0.203. The highest BCUT2D eigenvalue weighted by atomic mass is 15.1. The molecular formula is C9H14N2. The standard InChI is InChI=1S/C9H14N2/c1-10-9-5-3-2-4-8(9)6-11-7-9/h2-5,8,10-11H,6-7H2,1H3. The number of hydrogen-bond acceptors (Lipinski definition) is 2. The number of hydrogen-bond donors (Lipinski definition) is 2. The number of allylic oxidation sites excluding steroid dienone is 2. The van der Waals surface area contributed by atoms with Gasteiger partial charge in [-0.25, -0.2) is 0 Å². The molecular weight excluding hydrogens is 136 g/mol. The Morgan fingerprint density at radius 3 is 3.18 bits per heavy atom. The van der Waals surface area contributed by atoms with E-state index < -0.39 is 0 Å². The van der Waals surface area contributed by atoms with Crippen LogP contribution in [0.25, 0.3) is 0 Å². The van der Waals surface area contributed by atoms with E-state index in [9.17, 15) is 0 Å². The van der Waals surface area contributed by atoms with Gasteiger partial charge in [-0.1, -0.05) is 24.3 Å². The van der Waals surface area contributed by atoms with Gasteiger partial charge in [0.1, 0.15) is 0 Å². The molecule has 0 aromatic heterocycles. The molecule has 1 saturated heterocycles. The van der Waals surface area contributed by atoms with Crippen LogP contribution in [0.4, 0.5) is 0 Å². The predicted molar refractivity (Wildman–Crippen MR) is 46.4 cm³/mol. The van der Waals surface area contributed by atoms with Gasteiger partial charge in [0.15, 0.2) is 0 Å². The van der Waals surface area contributed by atoms with Crippen LogP contribution in [0.15, 0.2) is 24.3 Å². The first-order valence-electron chi connectivity index (χ1n) is 4.13. The largest absolute Gasteiger partial charge is 0.314 e. The lowest BCUT2D eigenvalue weighted by Gasteiger charge is -2.31. The smallest absolute Gasteiger partial charge is 0.0567 e. The van der Waals surface area contributed by atoms with Crippen LogP contribution in [0, 0.1) is 5.92 Å². The molecule has 2 rings (SSSR count). The number of rotatable bonds is 1. The SMILES string of the molecule is CNC12C=CC=CC1CNC2. The Balaban J connectivity index is 2.28. The summed E-state index contributed by atoms with van der Waals surface area (Å²) in [6.45, 7) is 2.15. The van der Waals surface area contributed by atoms with Gasteiger partial charge in [0.2, 0.25) is 0 Å². The molecule has 2 nitrogen and oxygen atoms in total. The Hall–Kier alpha value is -0.600. The molecule has 2 atom stereocenters. The fourth-order valence-electron chi connectivity index (χ4n) is 1.95. The van der Waals surface area contributed by atoms with Gasteiger partial charge >= 0.3 is 0 Å². The molecule has 2 heteroatoms. The molecule has 0 amide bonds. The molecule has 11 heavy (non-hydrogen) atoms. The maximum absolute atomic E-state index is 3.39. The minimum absolute atomic E-state index is 0.203. The van der Waals surface area contributed by atoms with Crippen molar-refractivity contribution in [3.8, 4) is 0 Å². The van der Waals surface area contributed by atoms with Crippen molar-refractivity contribution in [2.24, 2.45) is 5.92 Å². The predicted octanol–water partition coefficient (Wildman–Crippen LogP) is 0.290. The summed E-state index contributed by atoms with van der Waals surface area (Å²) in [5, 5.41) is 6.77. The summed E-state index contributed by atoms with van der Waals surface area (Å²) >= 11 is 0. The normalized spacial score (nSPS) is 41.0. The summed E-state index contributed by atoms with van der Waals surface area (Å²) in [7, 11) is 2.03. The minimum Gasteiger partial charge on any atom is -0.314 e. The molecule has 60 valence electrons. The van der Waals surface area contributed by atoms with Crippen LogP contribution in [-0.4, -0.2) is 25.7 Å². The second-order valence-corrected chi connectivity index (χ2v) is 3.27. The van der Waals surface area contributed by atoms with Crippen molar-refractivity contribution in [2.45, 2.75) is 5.54 Å². The monoisotopic (exact) mass is 150 g/mol. The Bertz CT molecular complexity index is 208. The first kappa shape index (κ1) is 7.07. The summed E-state index contributed by atoms with van der Waals surface area (Å²) in [4.78, 5) is 0. The van der Waals surface area contributed by atoms with Crippen molar-refractivity contribution in [3.63, 3.8) is 0 Å². The van der Waals surface area contributed by atoms with E-state index in [1.54, 1.807) is 0 Å². The van der Waals surface area contributed by atoms with E-state index >= 15 is 0 Å². The van der Waals surface area contributed by atoms with Crippen molar-refractivity contribution >= 4 is 0 Å². The Labute approximate surface area is 67.4 Å². The van der Waals surface area contributed by atoms with Gasteiger partial charge in [0.25, 0.3) is 0 Å². The Morgan fingerprint density at radius 2 is 2.45 bits per heavy atom. The summed E-state index contributed by atoms with van der Waals surface area (Å²) in [6, 6.07) is 0. The van der Waals surface area contributed by atoms with Crippen LogP contribution in [0.3, 0.4) is 0 Å². The van der Waals surface area contributed by atoms with Crippen LogP contribution in [-0.2, 0) is 0 Å². The quantitative estimate of drug-likeness (QED) is 0.561. The van der Waals surface area contributed by atoms with E-state index in [-0.39, 0.29) is 5.54 Å². The van der Waals surface area contributed by atoms with E-state index in [0.29, 0.717) is 5.92 Å². The molecule has 0 radical (unpaired) electrons. The van der Waals surface area contributed by atoms with E-state index in [2.05, 4.69) is 34.9 Å². The molecule has 1 aliphatic carbocycles. The van der Waals surface area contributed by atoms with Gasteiger partial charge in [-0.3, -0.25) is 0 Å². The molecule has 0 aromatic rings. The van der Waals surface area contributed by atoms with E-state index in [1.807, 2.05) is 7.05 Å². The van der Waals surface area contributed by atoms with Crippen molar-refractivity contribution in [2.75, 3.05) is 20.1 Å². The topological polar surface area (TPSA) is 24.1 Å². The number of likely N-dealkylation sites (N-methyl/N-ethyl adjacent to an activating group) is 1. The van der Waals surface area contributed by atoms with Crippen LogP contribution >= 0.6 is 0 Å². The van der Waals surface area contributed by atoms with Crippen molar-refractivity contribution in [3.05, 3.63) is 24.3 Å². The molecule has 2 N–H and O–H groups in total. The molecule has 1 aliphatic heterocycles. The second-order valence-electron chi connectivity index (χ2n) is 3.27. The zero-order valence-corrected chi connectivity index (χ0v) is 6.80. The second kappa shape index (κ2) is 2.47. The molecule has 2 aliphatic rings. The van der Waals surface area contributed by atoms with Gasteiger partial charge in [-0.15, -0.1) is 0 Å². The Kier molecular flexibility index (Phi) is 1.59. The fraction of sp³-hybridized carbons (Fsp3) is 0.556. The van der Waals surface area contributed by atoms with Gasteiger partial charge in [0, 0.05) is 19.0 Å². The van der Waals surface area contributed by atoms with Crippen molar-refractivity contribution in [1.82, 2.24) is 10.6 Å². The van der Waals surface area contributed by atoms with Crippen LogP contribution in [0.2, 0.25) is 0 Å². The summed E-state index contributed by atoms with van der Waals surface area (Å²) < 4.78 is 0. The van der Waals surface area contributed by atoms with Crippen LogP contribution in [0.5, 0.6) is 0 Å². The lowest BCUT2D eigenvalue weighted by molar-refractivity contribution is 0.406. The van der Waals surface area contributed by atoms with Gasteiger partial charge in [-0.2, -0.15) is 0 Å². The molecule has 1 fully saturated rings. The van der Waals surface area contributed by atoms with Gasteiger partial charge in [0.05, 0.1) is 5.54 Å². The summed E-state index contributed by atoms with van der Waals surface area (Å²) in [5.74, 6) is 0.637. The first-order valence-corrected chi connectivity index (χ1v) is 4.13. The average molecular weight is 150 g/mol. The number of fused-ring (bicyclic) bond motifs is 1. The molecule has 0 aromatic carbocycles. The van der Waals surface area contributed by atoms with Crippen LogP contribution in [0.1, 0.15) is 0 Å². The van der Waals surface area contributed by atoms with E-state index in [4.69, 9.17) is 0 Å². The highest BCUT2D eigenvalue weighted by Gasteiger charge is 2.38. The molecule has 0 bridgehead atoms. The molecule has 0 saturated carbocycles. The maximum Gasteiger partial charge on any atom is 0.0567 e. The molecule has 1 heterocycles. The zero-order valence-electron chi connectivity index (χ0n) is 6.80. The maximum atomic E-state index is 3.39.